The summed E-state index contributed by atoms with van der Waals surface area (Å²) in [5.74, 6) is 2.01. The van der Waals surface area contributed by atoms with Gasteiger partial charge in [0.25, 0.3) is 5.56 Å². The highest BCUT2D eigenvalue weighted by atomic mass is 16.1. The maximum Gasteiger partial charge on any atom is 0.266 e. The van der Waals surface area contributed by atoms with E-state index in [0.29, 0.717) is 18.3 Å². The van der Waals surface area contributed by atoms with Gasteiger partial charge in [-0.05, 0) is 49.9 Å². The Morgan fingerprint density at radius 1 is 1.00 bits per heavy atom. The average Bonchev–Trinajstić information content (AvgIpc) is 3.30. The van der Waals surface area contributed by atoms with Gasteiger partial charge in [-0.25, -0.2) is 19.3 Å². The zero-order valence-electron chi connectivity index (χ0n) is 16.8. The highest BCUT2D eigenvalue weighted by molar-refractivity contribution is 5.76. The Morgan fingerprint density at radius 3 is 2.50 bits per heavy atom. The smallest absolute Gasteiger partial charge is 0.266 e. The van der Waals surface area contributed by atoms with Gasteiger partial charge in [-0.2, -0.15) is 5.10 Å². The third-order valence-electron chi connectivity index (χ3n) is 5.66. The van der Waals surface area contributed by atoms with E-state index in [1.165, 1.54) is 0 Å². The van der Waals surface area contributed by atoms with Crippen LogP contribution < -0.4 is 10.5 Å². The summed E-state index contributed by atoms with van der Waals surface area (Å²) in [6, 6.07) is 13.1. The van der Waals surface area contributed by atoms with Crippen molar-refractivity contribution in [2.75, 3.05) is 18.0 Å². The molecule has 3 aromatic heterocycles. The molecule has 0 atom stereocenters. The van der Waals surface area contributed by atoms with Crippen molar-refractivity contribution in [1.82, 2.24) is 29.5 Å². The van der Waals surface area contributed by atoms with Crippen LogP contribution in [0.15, 0.2) is 59.7 Å². The van der Waals surface area contributed by atoms with E-state index in [2.05, 4.69) is 15.1 Å². The predicted octanol–water partition coefficient (Wildman–Crippen LogP) is 2.60. The number of rotatable bonds is 4. The monoisotopic (exact) mass is 401 g/mol. The van der Waals surface area contributed by atoms with Crippen LogP contribution in [0.2, 0.25) is 0 Å². The van der Waals surface area contributed by atoms with Gasteiger partial charge >= 0.3 is 0 Å². The van der Waals surface area contributed by atoms with Gasteiger partial charge < -0.3 is 4.90 Å². The molecule has 1 aliphatic heterocycles. The van der Waals surface area contributed by atoms with Gasteiger partial charge in [0.05, 0.1) is 16.7 Å². The molecule has 4 heterocycles. The van der Waals surface area contributed by atoms with Crippen molar-refractivity contribution < 1.29 is 0 Å². The van der Waals surface area contributed by atoms with E-state index in [-0.39, 0.29) is 5.56 Å². The fraction of sp³-hybridized carbons (Fsp3) is 0.318. The second-order valence-corrected chi connectivity index (χ2v) is 7.71. The summed E-state index contributed by atoms with van der Waals surface area (Å²) < 4.78 is 3.23. The lowest BCUT2D eigenvalue weighted by atomic mass is 9.96. The third kappa shape index (κ3) is 3.56. The van der Waals surface area contributed by atoms with Gasteiger partial charge in [-0.1, -0.05) is 12.1 Å². The number of aryl methyl sites for hydroxylation is 1. The Hall–Kier alpha value is -3.55. The van der Waals surface area contributed by atoms with Crippen LogP contribution in [0.1, 0.15) is 18.5 Å². The van der Waals surface area contributed by atoms with Gasteiger partial charge in [-0.3, -0.25) is 4.79 Å². The van der Waals surface area contributed by atoms with Crippen LogP contribution in [0.4, 0.5) is 5.82 Å². The average molecular weight is 401 g/mol. The Bertz CT molecular complexity index is 1220. The van der Waals surface area contributed by atoms with Crippen LogP contribution in [0.3, 0.4) is 0 Å². The molecule has 0 N–H and O–H groups in total. The molecule has 30 heavy (non-hydrogen) atoms. The largest absolute Gasteiger partial charge is 0.355 e. The number of anilines is 1. The van der Waals surface area contributed by atoms with Crippen LogP contribution in [0.5, 0.6) is 0 Å². The maximum absolute atomic E-state index is 12.3. The quantitative estimate of drug-likeness (QED) is 0.523. The Kier molecular flexibility index (Phi) is 4.74. The first-order valence-electron chi connectivity index (χ1n) is 10.2. The highest BCUT2D eigenvalue weighted by Crippen LogP contribution is 2.26. The first kappa shape index (κ1) is 18.5. The SMILES string of the molecule is Cc1nc2ccccc2nc1N1CCC(Cn2nc(-n3cccn3)ccc2=O)CC1. The number of hydrogen-bond donors (Lipinski definition) is 0. The van der Waals surface area contributed by atoms with E-state index in [0.717, 1.165) is 48.5 Å². The molecular formula is C22H23N7O. The third-order valence-corrected chi connectivity index (χ3v) is 5.66. The molecule has 4 aromatic rings. The number of nitrogens with zero attached hydrogens (tertiary/aromatic N) is 7. The maximum atomic E-state index is 12.3. The van der Waals surface area contributed by atoms with Crippen molar-refractivity contribution in [2.45, 2.75) is 26.3 Å². The molecule has 1 saturated heterocycles. The van der Waals surface area contributed by atoms with Gasteiger partial charge in [0.2, 0.25) is 0 Å². The van der Waals surface area contributed by atoms with E-state index in [1.807, 2.05) is 43.5 Å². The highest BCUT2D eigenvalue weighted by Gasteiger charge is 2.23. The number of piperidine rings is 1. The van der Waals surface area contributed by atoms with Crippen molar-refractivity contribution in [3.8, 4) is 5.82 Å². The zero-order valence-corrected chi connectivity index (χ0v) is 16.8. The summed E-state index contributed by atoms with van der Waals surface area (Å²) in [5, 5.41) is 8.70. The molecule has 0 amide bonds. The number of hydrogen-bond acceptors (Lipinski definition) is 6. The molecule has 0 unspecified atom stereocenters. The molecule has 8 heteroatoms. The lowest BCUT2D eigenvalue weighted by molar-refractivity contribution is 0.333. The van der Waals surface area contributed by atoms with Crippen LogP contribution in [0, 0.1) is 12.8 Å². The van der Waals surface area contributed by atoms with Crippen molar-refractivity contribution in [1.29, 1.82) is 0 Å². The molecule has 0 spiro atoms. The number of benzene rings is 1. The van der Waals surface area contributed by atoms with E-state index in [9.17, 15) is 4.79 Å². The van der Waals surface area contributed by atoms with E-state index in [1.54, 1.807) is 27.7 Å². The molecular weight excluding hydrogens is 378 g/mol. The first-order valence-corrected chi connectivity index (χ1v) is 10.2. The standard InChI is InChI=1S/C22H23N7O/c1-16-22(25-19-6-3-2-5-18(19)24-16)27-13-9-17(10-14-27)15-29-21(30)8-7-20(26-29)28-12-4-11-23-28/h2-8,11-12,17H,9-10,13-15H2,1H3. The second kappa shape index (κ2) is 7.70. The summed E-state index contributed by atoms with van der Waals surface area (Å²) in [5.41, 5.74) is 2.73. The number of aromatic nitrogens is 6. The fourth-order valence-corrected chi connectivity index (χ4v) is 4.05. The van der Waals surface area contributed by atoms with Crippen molar-refractivity contribution in [3.05, 3.63) is 70.9 Å². The van der Waals surface area contributed by atoms with Crippen LogP contribution in [-0.2, 0) is 6.54 Å². The molecule has 152 valence electrons. The molecule has 8 nitrogen and oxygen atoms in total. The predicted molar refractivity (Wildman–Crippen MR) is 115 cm³/mol. The van der Waals surface area contributed by atoms with Crippen molar-refractivity contribution in [3.63, 3.8) is 0 Å². The Morgan fingerprint density at radius 2 is 1.77 bits per heavy atom. The molecule has 0 aliphatic carbocycles. The number of fused-ring (bicyclic) bond motifs is 1. The Balaban J connectivity index is 1.30. The van der Waals surface area contributed by atoms with Crippen molar-refractivity contribution in [2.24, 2.45) is 5.92 Å². The Labute approximate surface area is 173 Å². The molecule has 5 rings (SSSR count). The summed E-state index contributed by atoms with van der Waals surface area (Å²) in [4.78, 5) is 24.2. The zero-order chi connectivity index (χ0) is 20.5. The van der Waals surface area contributed by atoms with Gasteiger partial charge in [0, 0.05) is 38.1 Å². The van der Waals surface area contributed by atoms with Gasteiger partial charge in [-0.15, -0.1) is 5.10 Å². The molecule has 1 aliphatic rings. The van der Waals surface area contributed by atoms with Crippen molar-refractivity contribution >= 4 is 16.9 Å². The van der Waals surface area contributed by atoms with Crippen LogP contribution in [0.25, 0.3) is 16.9 Å². The first-order chi connectivity index (χ1) is 14.7. The normalized spacial score (nSPS) is 15.0. The van der Waals surface area contributed by atoms with Crippen LogP contribution in [-0.4, -0.2) is 42.6 Å². The molecule has 0 radical (unpaired) electrons. The van der Waals surface area contributed by atoms with E-state index < -0.39 is 0 Å². The summed E-state index contributed by atoms with van der Waals surface area (Å²) in [6.45, 7) is 4.42. The molecule has 1 fully saturated rings. The summed E-state index contributed by atoms with van der Waals surface area (Å²) >= 11 is 0. The van der Waals surface area contributed by atoms with Gasteiger partial charge in [0.15, 0.2) is 11.6 Å². The minimum absolute atomic E-state index is 0.0791. The summed E-state index contributed by atoms with van der Waals surface area (Å²) in [7, 11) is 0. The molecule has 0 saturated carbocycles. The van der Waals surface area contributed by atoms with E-state index in [4.69, 9.17) is 9.97 Å². The molecule has 0 bridgehead atoms. The fourth-order valence-electron chi connectivity index (χ4n) is 4.05. The molecule has 1 aromatic carbocycles. The topological polar surface area (TPSA) is 81.7 Å². The lowest BCUT2D eigenvalue weighted by Crippen LogP contribution is -2.37. The van der Waals surface area contributed by atoms with Crippen LogP contribution >= 0.6 is 0 Å². The van der Waals surface area contributed by atoms with Gasteiger partial charge in [0.1, 0.15) is 0 Å². The second-order valence-electron chi connectivity index (χ2n) is 7.71. The number of para-hydroxylation sites is 2. The minimum Gasteiger partial charge on any atom is -0.355 e. The van der Waals surface area contributed by atoms with E-state index >= 15 is 0 Å². The minimum atomic E-state index is -0.0791. The summed E-state index contributed by atoms with van der Waals surface area (Å²) in [6.07, 6.45) is 5.48. The lowest BCUT2D eigenvalue weighted by Gasteiger charge is -2.33.